The molecule has 0 saturated carbocycles. The van der Waals surface area contributed by atoms with Crippen molar-refractivity contribution in [2.45, 2.75) is 51.0 Å². The van der Waals surface area contributed by atoms with Gasteiger partial charge in [-0.25, -0.2) is 23.4 Å². The number of rotatable bonds is 9. The van der Waals surface area contributed by atoms with Crippen molar-refractivity contribution < 1.29 is 47.4 Å². The molecule has 1 fully saturated rings. The molecule has 0 radical (unpaired) electrons. The number of alkyl halides is 2. The maximum atomic E-state index is 13.0. The second kappa shape index (κ2) is 12.2. The molecule has 0 spiro atoms. The van der Waals surface area contributed by atoms with Gasteiger partial charge >= 0.3 is 12.1 Å². The number of halogens is 2. The average Bonchev–Trinajstić information content (AvgIpc) is 3.25. The Bertz CT molecular complexity index is 1200. The molecule has 4 N–H and O–H groups in total. The van der Waals surface area contributed by atoms with Gasteiger partial charge in [-0.2, -0.15) is 0 Å². The van der Waals surface area contributed by atoms with Gasteiger partial charge in [-0.15, -0.1) is 23.1 Å². The Kier molecular flexibility index (Phi) is 9.26. The van der Waals surface area contributed by atoms with Crippen molar-refractivity contribution in [2.75, 3.05) is 11.5 Å². The van der Waals surface area contributed by atoms with Gasteiger partial charge in [0.2, 0.25) is 6.29 Å². The topological polar surface area (TPSA) is 183 Å². The van der Waals surface area contributed by atoms with Gasteiger partial charge in [0.1, 0.15) is 22.8 Å². The van der Waals surface area contributed by atoms with Crippen LogP contribution in [-0.4, -0.2) is 80.7 Å². The van der Waals surface area contributed by atoms with E-state index < -0.39 is 59.9 Å². The van der Waals surface area contributed by atoms with E-state index in [2.05, 4.69) is 15.5 Å². The van der Waals surface area contributed by atoms with Crippen LogP contribution in [0, 0.1) is 0 Å². The molecule has 0 aromatic carbocycles. The van der Waals surface area contributed by atoms with E-state index in [1.807, 2.05) is 0 Å². The SMILES string of the molecule is CC(C)OC(=O)OC(C)OC(=O)C1=C(/C=C\C(F)F)CS[C@@H]2[C@H](NC(=O)/C(=N\O)c3csc(N)n3)C(=O)N12. The maximum absolute atomic E-state index is 13.0. The van der Waals surface area contributed by atoms with E-state index >= 15 is 0 Å². The standard InChI is InChI=1S/C21H23F2N5O8S2/c1-8(2)34-21(32)36-9(3)35-19(31)15-10(4-5-12(22)23)6-37-18-14(17(30)28(15)18)26-16(29)13(27-33)11-7-38-20(24)25-11/h4-5,7-9,12,14,18,33H,6H2,1-3H3,(H2,24,25)(H,26,29)/b5-4-,27-13-/t9?,14-,18-/m1/s1. The zero-order chi connectivity index (χ0) is 28.1. The fourth-order valence-electron chi connectivity index (χ4n) is 3.35. The van der Waals surface area contributed by atoms with E-state index in [9.17, 15) is 33.2 Å². The smallest absolute Gasteiger partial charge is 0.431 e. The largest absolute Gasteiger partial charge is 0.511 e. The molecule has 38 heavy (non-hydrogen) atoms. The van der Waals surface area contributed by atoms with Crippen molar-refractivity contribution in [1.82, 2.24) is 15.2 Å². The van der Waals surface area contributed by atoms with Crippen molar-refractivity contribution in [3.63, 3.8) is 0 Å². The molecule has 0 bridgehead atoms. The van der Waals surface area contributed by atoms with Crippen LogP contribution in [0.4, 0.5) is 18.7 Å². The quantitative estimate of drug-likeness (QED) is 0.0975. The number of nitrogens with one attached hydrogen (secondary N) is 1. The van der Waals surface area contributed by atoms with Crippen LogP contribution < -0.4 is 11.1 Å². The monoisotopic (exact) mass is 575 g/mol. The lowest BCUT2D eigenvalue weighted by atomic mass is 10.0. The molecule has 17 heteroatoms. The summed E-state index contributed by atoms with van der Waals surface area (Å²) in [6, 6.07) is -1.15. The first kappa shape index (κ1) is 28.8. The summed E-state index contributed by atoms with van der Waals surface area (Å²) in [5.74, 6) is -2.81. The average molecular weight is 576 g/mol. The number of amides is 2. The van der Waals surface area contributed by atoms with E-state index in [-0.39, 0.29) is 27.8 Å². The molecule has 1 aromatic rings. The Morgan fingerprint density at radius 1 is 1.29 bits per heavy atom. The van der Waals surface area contributed by atoms with Crippen LogP contribution in [0.2, 0.25) is 0 Å². The van der Waals surface area contributed by atoms with Gasteiger partial charge in [-0.05, 0) is 25.5 Å². The first-order chi connectivity index (χ1) is 17.9. The van der Waals surface area contributed by atoms with Gasteiger partial charge in [0.15, 0.2) is 10.8 Å². The number of β-lactam (4-membered cyclic amide) rings is 1. The molecule has 3 rings (SSSR count). The Balaban J connectivity index is 1.78. The Hall–Kier alpha value is -3.73. The lowest BCUT2D eigenvalue weighted by Gasteiger charge is -2.49. The molecule has 2 aliphatic rings. The van der Waals surface area contributed by atoms with Crippen molar-refractivity contribution in [2.24, 2.45) is 5.16 Å². The predicted octanol–water partition coefficient (Wildman–Crippen LogP) is 1.83. The van der Waals surface area contributed by atoms with Crippen molar-refractivity contribution in [3.05, 3.63) is 34.5 Å². The third-order valence-electron chi connectivity index (χ3n) is 4.87. The summed E-state index contributed by atoms with van der Waals surface area (Å²) in [4.78, 5) is 55.2. The summed E-state index contributed by atoms with van der Waals surface area (Å²) < 4.78 is 40.4. The summed E-state index contributed by atoms with van der Waals surface area (Å²) in [6.07, 6.45) is -4.33. The summed E-state index contributed by atoms with van der Waals surface area (Å²) in [5, 5.41) is 15.3. The number of nitrogen functional groups attached to an aromatic ring is 1. The number of hydrogen-bond donors (Lipinski definition) is 3. The second-order valence-electron chi connectivity index (χ2n) is 7.96. The van der Waals surface area contributed by atoms with Crippen LogP contribution in [0.3, 0.4) is 0 Å². The van der Waals surface area contributed by atoms with E-state index in [1.165, 1.54) is 12.3 Å². The number of thiazole rings is 1. The number of hydrogen-bond acceptors (Lipinski definition) is 13. The zero-order valence-corrected chi connectivity index (χ0v) is 21.8. The number of esters is 1. The number of aromatic nitrogens is 1. The highest BCUT2D eigenvalue weighted by molar-refractivity contribution is 8.00. The summed E-state index contributed by atoms with van der Waals surface area (Å²) >= 11 is 2.09. The van der Waals surface area contributed by atoms with E-state index in [0.29, 0.717) is 6.08 Å². The first-order valence-corrected chi connectivity index (χ1v) is 12.8. The van der Waals surface area contributed by atoms with E-state index in [0.717, 1.165) is 34.1 Å². The van der Waals surface area contributed by atoms with Gasteiger partial charge in [0, 0.05) is 18.1 Å². The third-order valence-corrected chi connectivity index (χ3v) is 6.84. The predicted molar refractivity (Wildman–Crippen MR) is 130 cm³/mol. The van der Waals surface area contributed by atoms with Crippen molar-refractivity contribution >= 4 is 57.9 Å². The van der Waals surface area contributed by atoms with Crippen molar-refractivity contribution in [3.8, 4) is 0 Å². The van der Waals surface area contributed by atoms with Gasteiger partial charge in [-0.3, -0.25) is 14.5 Å². The molecule has 1 aromatic heterocycles. The molecule has 13 nitrogen and oxygen atoms in total. The summed E-state index contributed by atoms with van der Waals surface area (Å²) in [6.45, 7) is 4.39. The zero-order valence-electron chi connectivity index (χ0n) is 20.1. The molecular weight excluding hydrogens is 552 g/mol. The Morgan fingerprint density at radius 2 is 2.00 bits per heavy atom. The summed E-state index contributed by atoms with van der Waals surface area (Å²) in [7, 11) is 0. The first-order valence-electron chi connectivity index (χ1n) is 10.9. The Labute approximate surface area is 222 Å². The van der Waals surface area contributed by atoms with Gasteiger partial charge < -0.3 is 30.5 Å². The number of nitrogens with two attached hydrogens (primary N) is 1. The van der Waals surface area contributed by atoms with Crippen molar-refractivity contribution in [1.29, 1.82) is 0 Å². The van der Waals surface area contributed by atoms with Crippen LogP contribution in [0.5, 0.6) is 0 Å². The molecule has 2 aliphatic heterocycles. The van der Waals surface area contributed by atoms with Crippen LogP contribution in [0.1, 0.15) is 26.5 Å². The maximum Gasteiger partial charge on any atom is 0.511 e. The molecule has 3 atom stereocenters. The molecule has 2 amide bonds. The highest BCUT2D eigenvalue weighted by atomic mass is 32.2. The molecule has 3 heterocycles. The number of fused-ring (bicyclic) bond motifs is 1. The highest BCUT2D eigenvalue weighted by Gasteiger charge is 2.54. The fourth-order valence-corrected chi connectivity index (χ4v) is 5.22. The molecule has 0 aliphatic carbocycles. The molecule has 1 unspecified atom stereocenters. The number of carbonyl (C=O) groups excluding carboxylic acids is 4. The van der Waals surface area contributed by atoms with E-state index in [4.69, 9.17) is 19.9 Å². The number of allylic oxidation sites excluding steroid dienone is 2. The number of oxime groups is 1. The number of anilines is 1. The number of carbonyl (C=O) groups is 4. The van der Waals surface area contributed by atoms with Gasteiger partial charge in [0.25, 0.3) is 18.2 Å². The lowest BCUT2D eigenvalue weighted by molar-refractivity contribution is -0.169. The van der Waals surface area contributed by atoms with E-state index in [1.54, 1.807) is 13.8 Å². The van der Waals surface area contributed by atoms with Crippen LogP contribution in [-0.2, 0) is 28.6 Å². The second-order valence-corrected chi connectivity index (χ2v) is 9.95. The number of thioether (sulfide) groups is 1. The van der Waals surface area contributed by atoms with Gasteiger partial charge in [-0.1, -0.05) is 11.2 Å². The molecule has 1 saturated heterocycles. The van der Waals surface area contributed by atoms with Crippen LogP contribution in [0.25, 0.3) is 0 Å². The van der Waals surface area contributed by atoms with Crippen LogP contribution >= 0.6 is 23.1 Å². The number of nitrogens with zero attached hydrogens (tertiary/aromatic N) is 3. The fraction of sp³-hybridized carbons (Fsp3) is 0.429. The lowest BCUT2D eigenvalue weighted by Crippen LogP contribution is -2.71. The molecular formula is C21H23F2N5O8S2. The third kappa shape index (κ3) is 6.58. The normalized spacial score (nSPS) is 20.3. The molecule has 206 valence electrons. The van der Waals surface area contributed by atoms with Crippen LogP contribution in [0.15, 0.2) is 34.0 Å². The minimum Gasteiger partial charge on any atom is -0.431 e. The highest BCUT2D eigenvalue weighted by Crippen LogP contribution is 2.41. The number of ether oxygens (including phenoxy) is 3. The van der Waals surface area contributed by atoms with Gasteiger partial charge in [0.05, 0.1) is 6.10 Å². The summed E-state index contributed by atoms with van der Waals surface area (Å²) in [5.41, 5.74) is 4.75. The minimum absolute atomic E-state index is 0.00264. The Morgan fingerprint density at radius 3 is 2.58 bits per heavy atom. The minimum atomic E-state index is -2.83.